The van der Waals surface area contributed by atoms with Crippen LogP contribution in [0, 0.1) is 11.8 Å². The Morgan fingerprint density at radius 2 is 2.06 bits per heavy atom. The molecule has 3 atom stereocenters. The zero-order valence-corrected chi connectivity index (χ0v) is 10.6. The van der Waals surface area contributed by atoms with E-state index in [9.17, 15) is 4.79 Å². The molecule has 3 unspecified atom stereocenters. The molecule has 2 aliphatic rings. The molecule has 0 saturated heterocycles. The monoisotopic (exact) mass is 246 g/mol. The van der Waals surface area contributed by atoms with Gasteiger partial charge in [0.15, 0.2) is 0 Å². The number of hydrogen-bond donors (Lipinski definition) is 0. The second kappa shape index (κ2) is 4.63. The summed E-state index contributed by atoms with van der Waals surface area (Å²) < 4.78 is 10.8. The van der Waals surface area contributed by atoms with Gasteiger partial charge >= 0.3 is 5.97 Å². The van der Waals surface area contributed by atoms with Crippen LogP contribution >= 0.6 is 0 Å². The van der Waals surface area contributed by atoms with Crippen molar-refractivity contribution in [3.8, 4) is 5.75 Å². The number of carbonyl (C=O) groups is 1. The first-order valence-electron chi connectivity index (χ1n) is 6.62. The summed E-state index contributed by atoms with van der Waals surface area (Å²) in [5.41, 5.74) is 0.530. The molecule has 0 amide bonds. The van der Waals surface area contributed by atoms with E-state index in [1.54, 1.807) is 19.2 Å². The molecule has 2 bridgehead atoms. The molecule has 3 nitrogen and oxygen atoms in total. The number of para-hydroxylation sites is 1. The standard InChI is InChI=1S/C15H18O3/c1-17-13-5-3-2-4-12(13)15(16)18-14-9-10-6-7-11(14)8-10/h2-5,10-11,14H,6-9H2,1H3. The van der Waals surface area contributed by atoms with Crippen LogP contribution in [0.15, 0.2) is 24.3 Å². The van der Waals surface area contributed by atoms with E-state index in [-0.39, 0.29) is 12.1 Å². The fourth-order valence-electron chi connectivity index (χ4n) is 3.34. The van der Waals surface area contributed by atoms with Crippen molar-refractivity contribution < 1.29 is 14.3 Å². The maximum absolute atomic E-state index is 12.2. The van der Waals surface area contributed by atoms with Crippen molar-refractivity contribution in [3.63, 3.8) is 0 Å². The number of esters is 1. The van der Waals surface area contributed by atoms with E-state index in [4.69, 9.17) is 9.47 Å². The average Bonchev–Trinajstić information content (AvgIpc) is 3.01. The Balaban J connectivity index is 1.71. The van der Waals surface area contributed by atoms with Crippen LogP contribution in [0.4, 0.5) is 0 Å². The van der Waals surface area contributed by atoms with E-state index in [1.807, 2.05) is 12.1 Å². The third-order valence-corrected chi connectivity index (χ3v) is 4.26. The van der Waals surface area contributed by atoms with E-state index in [0.717, 1.165) is 12.3 Å². The topological polar surface area (TPSA) is 35.5 Å². The van der Waals surface area contributed by atoms with Gasteiger partial charge in [0.05, 0.1) is 7.11 Å². The van der Waals surface area contributed by atoms with Crippen molar-refractivity contribution in [2.24, 2.45) is 11.8 Å². The third-order valence-electron chi connectivity index (χ3n) is 4.26. The molecule has 3 rings (SSSR count). The number of carbonyl (C=O) groups excluding carboxylic acids is 1. The Morgan fingerprint density at radius 3 is 2.72 bits per heavy atom. The summed E-state index contributed by atoms with van der Waals surface area (Å²) in [5.74, 6) is 1.72. The number of methoxy groups -OCH3 is 1. The molecule has 0 heterocycles. The minimum atomic E-state index is -0.245. The number of benzene rings is 1. The van der Waals surface area contributed by atoms with Crippen molar-refractivity contribution in [1.82, 2.24) is 0 Å². The van der Waals surface area contributed by atoms with Gasteiger partial charge in [-0.25, -0.2) is 4.79 Å². The van der Waals surface area contributed by atoms with Gasteiger partial charge in [0.1, 0.15) is 17.4 Å². The highest BCUT2D eigenvalue weighted by atomic mass is 16.5. The van der Waals surface area contributed by atoms with E-state index < -0.39 is 0 Å². The molecule has 3 heteroatoms. The Morgan fingerprint density at radius 1 is 1.22 bits per heavy atom. The molecule has 1 aromatic carbocycles. The molecule has 96 valence electrons. The SMILES string of the molecule is COc1ccccc1C(=O)OC1CC2CCC1C2. The molecule has 18 heavy (non-hydrogen) atoms. The number of rotatable bonds is 3. The molecule has 0 aromatic heterocycles. The van der Waals surface area contributed by atoms with Crippen molar-refractivity contribution in [2.45, 2.75) is 31.8 Å². The lowest BCUT2D eigenvalue weighted by Crippen LogP contribution is -2.24. The van der Waals surface area contributed by atoms with Gasteiger partial charge in [-0.3, -0.25) is 0 Å². The maximum Gasteiger partial charge on any atom is 0.342 e. The lowest BCUT2D eigenvalue weighted by molar-refractivity contribution is 0.0155. The number of hydrogen-bond acceptors (Lipinski definition) is 3. The first-order chi connectivity index (χ1) is 8.78. The Bertz CT molecular complexity index is 455. The van der Waals surface area contributed by atoms with Crippen LogP contribution in [-0.2, 0) is 4.74 Å². The quantitative estimate of drug-likeness (QED) is 0.769. The summed E-state index contributed by atoms with van der Waals surface area (Å²) in [7, 11) is 1.57. The second-order valence-corrected chi connectivity index (χ2v) is 5.32. The predicted molar refractivity (Wildman–Crippen MR) is 67.6 cm³/mol. The van der Waals surface area contributed by atoms with Gasteiger partial charge in [0, 0.05) is 0 Å². The minimum absolute atomic E-state index is 0.126. The van der Waals surface area contributed by atoms with Crippen molar-refractivity contribution in [1.29, 1.82) is 0 Å². The first kappa shape index (κ1) is 11.6. The molecule has 0 spiro atoms. The highest BCUT2D eigenvalue weighted by Gasteiger charge is 2.41. The third kappa shape index (κ3) is 1.98. The Kier molecular flexibility index (Phi) is 2.98. The Labute approximate surface area is 107 Å². The van der Waals surface area contributed by atoms with Crippen LogP contribution in [0.2, 0.25) is 0 Å². The fraction of sp³-hybridized carbons (Fsp3) is 0.533. The fourth-order valence-corrected chi connectivity index (χ4v) is 3.34. The van der Waals surface area contributed by atoms with Crippen molar-refractivity contribution in [2.75, 3.05) is 7.11 Å². The zero-order valence-electron chi connectivity index (χ0n) is 10.6. The highest BCUT2D eigenvalue weighted by Crippen LogP contribution is 2.46. The smallest absolute Gasteiger partial charge is 0.342 e. The molecular formula is C15H18O3. The van der Waals surface area contributed by atoms with Crippen LogP contribution in [0.1, 0.15) is 36.0 Å². The van der Waals surface area contributed by atoms with Gasteiger partial charge in [-0.05, 0) is 49.7 Å². The molecule has 2 fully saturated rings. The van der Waals surface area contributed by atoms with Crippen LogP contribution in [0.25, 0.3) is 0 Å². The van der Waals surface area contributed by atoms with E-state index in [1.165, 1.54) is 19.3 Å². The average molecular weight is 246 g/mol. The Hall–Kier alpha value is -1.51. The lowest BCUT2D eigenvalue weighted by Gasteiger charge is -2.22. The summed E-state index contributed by atoms with van der Waals surface area (Å²) >= 11 is 0. The molecule has 1 aromatic rings. The lowest BCUT2D eigenvalue weighted by atomic mass is 9.98. The van der Waals surface area contributed by atoms with Crippen molar-refractivity contribution in [3.05, 3.63) is 29.8 Å². The zero-order chi connectivity index (χ0) is 12.5. The van der Waals surface area contributed by atoms with Gasteiger partial charge in [-0.15, -0.1) is 0 Å². The normalized spacial score (nSPS) is 29.3. The number of ether oxygens (including phenoxy) is 2. The molecule has 2 aliphatic carbocycles. The molecule has 2 saturated carbocycles. The molecule has 0 N–H and O–H groups in total. The van der Waals surface area contributed by atoms with Crippen molar-refractivity contribution >= 4 is 5.97 Å². The van der Waals surface area contributed by atoms with Crippen LogP contribution in [0.3, 0.4) is 0 Å². The molecular weight excluding hydrogens is 228 g/mol. The molecule has 0 aliphatic heterocycles. The summed E-state index contributed by atoms with van der Waals surface area (Å²) in [6.45, 7) is 0. The van der Waals surface area contributed by atoms with Gasteiger partial charge in [-0.1, -0.05) is 12.1 Å². The largest absolute Gasteiger partial charge is 0.496 e. The van der Waals surface area contributed by atoms with Crippen LogP contribution in [-0.4, -0.2) is 19.2 Å². The van der Waals surface area contributed by atoms with Crippen LogP contribution < -0.4 is 4.74 Å². The summed E-state index contributed by atoms with van der Waals surface area (Å²) in [6.07, 6.45) is 4.94. The van der Waals surface area contributed by atoms with Gasteiger partial charge in [-0.2, -0.15) is 0 Å². The number of fused-ring (bicyclic) bond motifs is 2. The summed E-state index contributed by atoms with van der Waals surface area (Å²) in [5, 5.41) is 0. The molecule has 0 radical (unpaired) electrons. The van der Waals surface area contributed by atoms with Crippen LogP contribution in [0.5, 0.6) is 5.75 Å². The highest BCUT2D eigenvalue weighted by molar-refractivity contribution is 5.92. The van der Waals surface area contributed by atoms with Gasteiger partial charge < -0.3 is 9.47 Å². The van der Waals surface area contributed by atoms with Gasteiger partial charge in [0.25, 0.3) is 0 Å². The van der Waals surface area contributed by atoms with E-state index in [2.05, 4.69) is 0 Å². The maximum atomic E-state index is 12.2. The summed E-state index contributed by atoms with van der Waals surface area (Å²) in [4.78, 5) is 12.2. The first-order valence-corrected chi connectivity index (χ1v) is 6.62. The predicted octanol–water partition coefficient (Wildman–Crippen LogP) is 3.04. The minimum Gasteiger partial charge on any atom is -0.496 e. The van der Waals surface area contributed by atoms with E-state index in [0.29, 0.717) is 17.2 Å². The van der Waals surface area contributed by atoms with Gasteiger partial charge in [0.2, 0.25) is 0 Å². The van der Waals surface area contributed by atoms with E-state index >= 15 is 0 Å². The summed E-state index contributed by atoms with van der Waals surface area (Å²) in [6, 6.07) is 7.23. The second-order valence-electron chi connectivity index (χ2n) is 5.32.